The number of carboxylic acid groups (broad SMARTS) is 1. The van der Waals surface area contributed by atoms with E-state index in [0.29, 0.717) is 12.5 Å². The van der Waals surface area contributed by atoms with Crippen LogP contribution in [0.4, 0.5) is 4.79 Å². The molecule has 2 saturated carbocycles. The van der Waals surface area contributed by atoms with Gasteiger partial charge in [0.2, 0.25) is 0 Å². The van der Waals surface area contributed by atoms with Crippen LogP contribution in [0, 0.1) is 11.8 Å². The molecule has 0 saturated heterocycles. The number of carbonyl (C=O) groups excluding carboxylic acids is 1. The molecule has 2 rings (SSSR count). The summed E-state index contributed by atoms with van der Waals surface area (Å²) in [4.78, 5) is 24.3. The van der Waals surface area contributed by atoms with E-state index < -0.39 is 5.97 Å². The number of carboxylic acids is 1. The predicted octanol–water partition coefficient (Wildman–Crippen LogP) is 2.46. The Kier molecular flexibility index (Phi) is 5.26. The molecule has 2 aliphatic carbocycles. The predicted molar refractivity (Wildman–Crippen MR) is 76.5 cm³/mol. The highest BCUT2D eigenvalue weighted by molar-refractivity contribution is 5.80. The van der Waals surface area contributed by atoms with Gasteiger partial charge in [-0.2, -0.15) is 0 Å². The van der Waals surface area contributed by atoms with Gasteiger partial charge in [0, 0.05) is 12.6 Å². The summed E-state index contributed by atoms with van der Waals surface area (Å²) < 4.78 is 0. The molecule has 0 spiro atoms. The molecule has 0 aromatic heterocycles. The first kappa shape index (κ1) is 15.1. The minimum Gasteiger partial charge on any atom is -0.480 e. The van der Waals surface area contributed by atoms with Crippen LogP contribution in [0.1, 0.15) is 51.9 Å². The Morgan fingerprint density at radius 2 is 1.70 bits per heavy atom. The summed E-state index contributed by atoms with van der Waals surface area (Å²) >= 11 is 0. The van der Waals surface area contributed by atoms with E-state index in [1.165, 1.54) is 37.0 Å². The van der Waals surface area contributed by atoms with Crippen LogP contribution in [-0.2, 0) is 4.79 Å². The molecule has 2 aliphatic rings. The van der Waals surface area contributed by atoms with Gasteiger partial charge >= 0.3 is 12.0 Å². The first-order valence-corrected chi connectivity index (χ1v) is 7.86. The molecule has 0 heterocycles. The number of nitrogens with zero attached hydrogens (tertiary/aromatic N) is 1. The standard InChI is InChI=1S/C15H26N2O3/c1-2-11-3-5-12(6-4-11)9-16-15(20)17(10-14(18)19)13-7-8-13/h11-13H,2-10H2,1H3,(H,16,20)(H,18,19). The fourth-order valence-corrected chi connectivity index (χ4v) is 3.08. The van der Waals surface area contributed by atoms with Crippen molar-refractivity contribution in [3.05, 3.63) is 0 Å². The fraction of sp³-hybridized carbons (Fsp3) is 0.867. The lowest BCUT2D eigenvalue weighted by molar-refractivity contribution is -0.137. The minimum atomic E-state index is -0.935. The van der Waals surface area contributed by atoms with Crippen LogP contribution < -0.4 is 5.32 Å². The van der Waals surface area contributed by atoms with Crippen molar-refractivity contribution in [3.63, 3.8) is 0 Å². The average molecular weight is 282 g/mol. The van der Waals surface area contributed by atoms with Crippen LogP contribution >= 0.6 is 0 Å². The Balaban J connectivity index is 1.72. The van der Waals surface area contributed by atoms with Crippen LogP contribution in [0.15, 0.2) is 0 Å². The van der Waals surface area contributed by atoms with E-state index in [2.05, 4.69) is 12.2 Å². The Morgan fingerprint density at radius 3 is 2.20 bits per heavy atom. The molecule has 5 heteroatoms. The molecule has 0 radical (unpaired) electrons. The molecule has 0 unspecified atom stereocenters. The second kappa shape index (κ2) is 6.95. The molecule has 5 nitrogen and oxygen atoms in total. The van der Waals surface area contributed by atoms with Gasteiger partial charge in [0.15, 0.2) is 0 Å². The van der Waals surface area contributed by atoms with Crippen molar-refractivity contribution >= 4 is 12.0 Å². The Morgan fingerprint density at radius 1 is 1.10 bits per heavy atom. The number of hydrogen-bond acceptors (Lipinski definition) is 2. The molecule has 0 aromatic carbocycles. The Hall–Kier alpha value is -1.26. The molecule has 2 amide bonds. The zero-order valence-electron chi connectivity index (χ0n) is 12.3. The SMILES string of the molecule is CCC1CCC(CNC(=O)N(CC(=O)O)C2CC2)CC1. The Bertz CT molecular complexity index is 347. The third-order valence-corrected chi connectivity index (χ3v) is 4.64. The highest BCUT2D eigenvalue weighted by Crippen LogP contribution is 2.30. The zero-order valence-corrected chi connectivity index (χ0v) is 12.3. The lowest BCUT2D eigenvalue weighted by Crippen LogP contribution is -2.45. The van der Waals surface area contributed by atoms with Crippen molar-refractivity contribution in [2.75, 3.05) is 13.1 Å². The lowest BCUT2D eigenvalue weighted by Gasteiger charge is -2.29. The van der Waals surface area contributed by atoms with Gasteiger partial charge in [0.05, 0.1) is 0 Å². The van der Waals surface area contributed by atoms with Crippen molar-refractivity contribution < 1.29 is 14.7 Å². The maximum absolute atomic E-state index is 12.1. The maximum Gasteiger partial charge on any atom is 0.323 e. The minimum absolute atomic E-state index is 0.141. The van der Waals surface area contributed by atoms with Crippen LogP contribution in [0.2, 0.25) is 0 Å². The van der Waals surface area contributed by atoms with E-state index in [9.17, 15) is 9.59 Å². The van der Waals surface area contributed by atoms with Crippen LogP contribution in [0.3, 0.4) is 0 Å². The second-order valence-electron chi connectivity index (χ2n) is 6.23. The number of nitrogens with one attached hydrogen (secondary N) is 1. The second-order valence-corrected chi connectivity index (χ2v) is 6.23. The lowest BCUT2D eigenvalue weighted by atomic mass is 9.81. The van der Waals surface area contributed by atoms with E-state index in [1.54, 1.807) is 0 Å². The quantitative estimate of drug-likeness (QED) is 0.786. The smallest absolute Gasteiger partial charge is 0.323 e. The van der Waals surface area contributed by atoms with Gasteiger partial charge in [-0.15, -0.1) is 0 Å². The van der Waals surface area contributed by atoms with Gasteiger partial charge in [-0.3, -0.25) is 4.79 Å². The average Bonchev–Trinajstić information content (AvgIpc) is 3.27. The van der Waals surface area contributed by atoms with Crippen molar-refractivity contribution in [1.82, 2.24) is 10.2 Å². The van der Waals surface area contributed by atoms with E-state index >= 15 is 0 Å². The molecule has 2 N–H and O–H groups in total. The molecule has 0 aliphatic heterocycles. The number of aliphatic carboxylic acids is 1. The van der Waals surface area contributed by atoms with Crippen LogP contribution in [0.25, 0.3) is 0 Å². The molecule has 114 valence electrons. The van der Waals surface area contributed by atoms with Crippen LogP contribution in [0.5, 0.6) is 0 Å². The van der Waals surface area contributed by atoms with Gasteiger partial charge in [-0.05, 0) is 37.5 Å². The normalized spacial score (nSPS) is 26.1. The highest BCUT2D eigenvalue weighted by atomic mass is 16.4. The first-order chi connectivity index (χ1) is 9.60. The van der Waals surface area contributed by atoms with Crippen LogP contribution in [-0.4, -0.2) is 41.1 Å². The molecule has 0 aromatic rings. The maximum atomic E-state index is 12.1. The summed E-state index contributed by atoms with van der Waals surface area (Å²) in [5.41, 5.74) is 0. The molecule has 20 heavy (non-hydrogen) atoms. The van der Waals surface area contributed by atoms with Gasteiger partial charge in [-0.25, -0.2) is 4.79 Å². The monoisotopic (exact) mass is 282 g/mol. The largest absolute Gasteiger partial charge is 0.480 e. The molecule has 0 bridgehead atoms. The number of carbonyl (C=O) groups is 2. The van der Waals surface area contributed by atoms with Gasteiger partial charge in [-0.1, -0.05) is 26.2 Å². The topological polar surface area (TPSA) is 69.6 Å². The first-order valence-electron chi connectivity index (χ1n) is 7.86. The Labute approximate surface area is 120 Å². The summed E-state index contributed by atoms with van der Waals surface area (Å²) in [5.74, 6) is 0.486. The van der Waals surface area contributed by atoms with Gasteiger partial charge < -0.3 is 15.3 Å². The van der Waals surface area contributed by atoms with Crippen molar-refractivity contribution in [2.45, 2.75) is 57.9 Å². The highest BCUT2D eigenvalue weighted by Gasteiger charge is 2.34. The molecular formula is C15H26N2O3. The number of hydrogen-bond donors (Lipinski definition) is 2. The number of urea groups is 1. The summed E-state index contributed by atoms with van der Waals surface area (Å²) in [6, 6.07) is -0.0607. The number of rotatable bonds is 6. The van der Waals surface area contributed by atoms with Gasteiger partial charge in [0.25, 0.3) is 0 Å². The fourth-order valence-electron chi connectivity index (χ4n) is 3.08. The third kappa shape index (κ3) is 4.39. The molecular weight excluding hydrogens is 256 g/mol. The van der Waals surface area contributed by atoms with E-state index in [1.807, 2.05) is 0 Å². The third-order valence-electron chi connectivity index (χ3n) is 4.64. The zero-order chi connectivity index (χ0) is 14.5. The van der Waals surface area contributed by atoms with Gasteiger partial charge in [0.1, 0.15) is 6.54 Å². The van der Waals surface area contributed by atoms with Crippen molar-refractivity contribution in [3.8, 4) is 0 Å². The molecule has 0 atom stereocenters. The van der Waals surface area contributed by atoms with E-state index in [-0.39, 0.29) is 18.6 Å². The summed E-state index contributed by atoms with van der Waals surface area (Å²) in [6.07, 6.45) is 8.01. The van der Waals surface area contributed by atoms with E-state index in [4.69, 9.17) is 5.11 Å². The number of amides is 2. The summed E-state index contributed by atoms with van der Waals surface area (Å²) in [7, 11) is 0. The summed E-state index contributed by atoms with van der Waals surface area (Å²) in [5, 5.41) is 11.8. The van der Waals surface area contributed by atoms with Crippen molar-refractivity contribution in [2.24, 2.45) is 11.8 Å². The van der Waals surface area contributed by atoms with Crippen molar-refractivity contribution in [1.29, 1.82) is 0 Å². The van der Waals surface area contributed by atoms with E-state index in [0.717, 1.165) is 18.8 Å². The molecule has 2 fully saturated rings. The summed E-state index contributed by atoms with van der Waals surface area (Å²) in [6.45, 7) is 2.75.